The predicted octanol–water partition coefficient (Wildman–Crippen LogP) is 1.53. The molecule has 0 fully saturated rings. The molecule has 1 amide bonds. The standard InChI is InChI=1S/C14H13Cl2N3O3S/c15-10-4-11(14(18)20)13(17)19(6-10)5-9-3-8(7-23(21)22)1-2-12(9)16/h1-4,6,17,23H,5,7H2,(H2,18,20). The van der Waals surface area contributed by atoms with Gasteiger partial charge in [-0.1, -0.05) is 35.3 Å². The third-order valence-electron chi connectivity index (χ3n) is 3.13. The Labute approximate surface area is 143 Å². The topological polar surface area (TPSA) is 106 Å². The molecule has 2 rings (SSSR count). The van der Waals surface area contributed by atoms with Crippen molar-refractivity contribution < 1.29 is 13.2 Å². The number of pyridine rings is 1. The molecule has 9 heteroatoms. The van der Waals surface area contributed by atoms with Crippen molar-refractivity contribution in [1.29, 1.82) is 5.41 Å². The first-order valence-corrected chi connectivity index (χ1v) is 8.53. The maximum Gasteiger partial charge on any atom is 0.252 e. The second-order valence-electron chi connectivity index (χ2n) is 4.83. The van der Waals surface area contributed by atoms with Crippen molar-refractivity contribution >= 4 is 39.8 Å². The first-order valence-electron chi connectivity index (χ1n) is 6.41. The molecule has 2 aromatic rings. The van der Waals surface area contributed by atoms with Gasteiger partial charge < -0.3 is 10.3 Å². The summed E-state index contributed by atoms with van der Waals surface area (Å²) in [5.74, 6) is -0.852. The number of hydrogen-bond donors (Lipinski definition) is 3. The SMILES string of the molecule is N=c1c(C(N)=O)cc(Cl)cn1Cc1cc(C[SH](=O)=O)ccc1Cl. The average Bonchev–Trinajstić information content (AvgIpc) is 2.45. The monoisotopic (exact) mass is 373 g/mol. The van der Waals surface area contributed by atoms with Crippen molar-refractivity contribution in [3.8, 4) is 0 Å². The van der Waals surface area contributed by atoms with Crippen molar-refractivity contribution in [2.45, 2.75) is 12.3 Å². The number of benzene rings is 1. The highest BCUT2D eigenvalue weighted by molar-refractivity contribution is 7.71. The number of hydrogen-bond acceptors (Lipinski definition) is 4. The molecule has 1 heterocycles. The van der Waals surface area contributed by atoms with Crippen LogP contribution in [0.2, 0.25) is 10.0 Å². The fraction of sp³-hybridized carbons (Fsp3) is 0.143. The van der Waals surface area contributed by atoms with E-state index in [2.05, 4.69) is 0 Å². The summed E-state index contributed by atoms with van der Waals surface area (Å²) in [6.45, 7) is 0.155. The highest BCUT2D eigenvalue weighted by Gasteiger charge is 2.10. The van der Waals surface area contributed by atoms with Crippen LogP contribution >= 0.6 is 23.2 Å². The molecule has 0 radical (unpaired) electrons. The summed E-state index contributed by atoms with van der Waals surface area (Å²) in [4.78, 5) is 11.4. The van der Waals surface area contributed by atoms with Gasteiger partial charge in [0, 0.05) is 11.2 Å². The van der Waals surface area contributed by atoms with Gasteiger partial charge in [-0.3, -0.25) is 10.2 Å². The molecule has 1 aromatic heterocycles. The Bertz CT molecular complexity index is 899. The van der Waals surface area contributed by atoms with Gasteiger partial charge in [0.15, 0.2) is 0 Å². The molecular formula is C14H13Cl2N3O3S. The van der Waals surface area contributed by atoms with Crippen molar-refractivity contribution in [1.82, 2.24) is 4.57 Å². The Balaban J connectivity index is 2.47. The van der Waals surface area contributed by atoms with Crippen molar-refractivity contribution in [2.24, 2.45) is 5.73 Å². The zero-order valence-electron chi connectivity index (χ0n) is 11.8. The lowest BCUT2D eigenvalue weighted by atomic mass is 10.1. The van der Waals surface area contributed by atoms with Gasteiger partial charge in [-0.15, -0.1) is 0 Å². The van der Waals surface area contributed by atoms with Gasteiger partial charge in [0.25, 0.3) is 5.91 Å². The number of aromatic nitrogens is 1. The molecule has 0 saturated carbocycles. The number of nitrogens with zero attached hydrogens (tertiary/aromatic N) is 1. The molecule has 0 unspecified atom stereocenters. The maximum atomic E-state index is 11.4. The number of rotatable bonds is 5. The van der Waals surface area contributed by atoms with E-state index in [0.717, 1.165) is 0 Å². The Morgan fingerprint density at radius 2 is 1.96 bits per heavy atom. The van der Waals surface area contributed by atoms with Crippen LogP contribution in [0.15, 0.2) is 30.5 Å². The molecule has 3 N–H and O–H groups in total. The van der Waals surface area contributed by atoms with Crippen molar-refractivity contribution in [2.75, 3.05) is 0 Å². The molecule has 0 saturated heterocycles. The van der Waals surface area contributed by atoms with Crippen LogP contribution in [0.5, 0.6) is 0 Å². The summed E-state index contributed by atoms with van der Waals surface area (Å²) in [5.41, 5.74) is 6.32. The zero-order valence-corrected chi connectivity index (χ0v) is 14.2. The van der Waals surface area contributed by atoms with Crippen molar-refractivity contribution in [3.05, 3.63) is 62.7 Å². The molecule has 23 heavy (non-hydrogen) atoms. The lowest BCUT2D eigenvalue weighted by Crippen LogP contribution is -2.29. The van der Waals surface area contributed by atoms with E-state index in [1.54, 1.807) is 18.2 Å². The van der Waals surface area contributed by atoms with Crippen LogP contribution < -0.4 is 11.2 Å². The summed E-state index contributed by atoms with van der Waals surface area (Å²) in [6.07, 6.45) is 1.48. The van der Waals surface area contributed by atoms with Crippen LogP contribution in [-0.4, -0.2) is 18.9 Å². The fourth-order valence-corrected chi connectivity index (χ4v) is 3.00. The number of carbonyl (C=O) groups is 1. The second kappa shape index (κ2) is 7.16. The van der Waals surface area contributed by atoms with Gasteiger partial charge in [-0.2, -0.15) is 0 Å². The Kier molecular flexibility index (Phi) is 5.46. The van der Waals surface area contributed by atoms with Gasteiger partial charge in [-0.05, 0) is 23.3 Å². The Morgan fingerprint density at radius 3 is 2.57 bits per heavy atom. The van der Waals surface area contributed by atoms with Crippen LogP contribution in [0.3, 0.4) is 0 Å². The van der Waals surface area contributed by atoms with E-state index < -0.39 is 16.6 Å². The largest absolute Gasteiger partial charge is 0.365 e. The molecular weight excluding hydrogens is 361 g/mol. The number of primary amides is 1. The number of nitrogens with two attached hydrogens (primary N) is 1. The van der Waals surface area contributed by atoms with E-state index in [-0.39, 0.29) is 28.4 Å². The minimum atomic E-state index is -2.55. The number of carbonyl (C=O) groups excluding carboxylic acids is 1. The van der Waals surface area contributed by atoms with Gasteiger partial charge in [-0.25, -0.2) is 8.42 Å². The quantitative estimate of drug-likeness (QED) is 0.691. The predicted molar refractivity (Wildman–Crippen MR) is 88.4 cm³/mol. The van der Waals surface area contributed by atoms with Crippen LogP contribution in [0.4, 0.5) is 0 Å². The molecule has 0 bridgehead atoms. The van der Waals surface area contributed by atoms with E-state index in [4.69, 9.17) is 34.3 Å². The normalized spacial score (nSPS) is 10.9. The molecule has 0 aliphatic heterocycles. The van der Waals surface area contributed by atoms with E-state index in [0.29, 0.717) is 16.1 Å². The number of halogens is 2. The summed E-state index contributed by atoms with van der Waals surface area (Å²) in [6, 6.07) is 6.18. The highest BCUT2D eigenvalue weighted by Crippen LogP contribution is 2.19. The highest BCUT2D eigenvalue weighted by atomic mass is 35.5. The minimum absolute atomic E-state index is 0.00702. The number of nitrogens with one attached hydrogen (secondary N) is 1. The molecule has 0 atom stereocenters. The van der Waals surface area contributed by atoms with Gasteiger partial charge >= 0.3 is 0 Å². The van der Waals surface area contributed by atoms with Crippen LogP contribution in [-0.2, 0) is 23.0 Å². The number of thiol groups is 1. The summed E-state index contributed by atoms with van der Waals surface area (Å²) >= 11 is 12.1. The maximum absolute atomic E-state index is 11.4. The van der Waals surface area contributed by atoms with E-state index in [1.807, 2.05) is 0 Å². The molecule has 1 aromatic carbocycles. The van der Waals surface area contributed by atoms with E-state index >= 15 is 0 Å². The Hall–Kier alpha value is -1.83. The smallest absolute Gasteiger partial charge is 0.252 e. The molecule has 0 spiro atoms. The van der Waals surface area contributed by atoms with Crippen LogP contribution in [0, 0.1) is 5.41 Å². The minimum Gasteiger partial charge on any atom is -0.365 e. The first-order chi connectivity index (χ1) is 10.8. The third kappa shape index (κ3) is 4.34. The van der Waals surface area contributed by atoms with Crippen LogP contribution in [0.25, 0.3) is 0 Å². The van der Waals surface area contributed by atoms with E-state index in [9.17, 15) is 13.2 Å². The zero-order chi connectivity index (χ0) is 17.1. The molecule has 122 valence electrons. The average molecular weight is 374 g/mol. The molecule has 6 nitrogen and oxygen atoms in total. The van der Waals surface area contributed by atoms with Gasteiger partial charge in [0.05, 0.1) is 22.9 Å². The second-order valence-corrected chi connectivity index (χ2v) is 6.65. The summed E-state index contributed by atoms with van der Waals surface area (Å²) < 4.78 is 23.1. The lowest BCUT2D eigenvalue weighted by Gasteiger charge is -2.12. The summed E-state index contributed by atoms with van der Waals surface area (Å²) in [7, 11) is -2.55. The van der Waals surface area contributed by atoms with Gasteiger partial charge in [0.1, 0.15) is 16.2 Å². The Morgan fingerprint density at radius 1 is 1.26 bits per heavy atom. The van der Waals surface area contributed by atoms with Crippen LogP contribution in [0.1, 0.15) is 21.5 Å². The van der Waals surface area contributed by atoms with Gasteiger partial charge in [0.2, 0.25) is 0 Å². The lowest BCUT2D eigenvalue weighted by molar-refractivity contribution is 0.0997. The molecule has 0 aliphatic rings. The first kappa shape index (κ1) is 17.5. The number of amides is 1. The summed E-state index contributed by atoms with van der Waals surface area (Å²) in [5, 5.41) is 8.70. The third-order valence-corrected chi connectivity index (χ3v) is 4.33. The fourth-order valence-electron chi connectivity index (χ4n) is 2.10. The van der Waals surface area contributed by atoms with Crippen molar-refractivity contribution in [3.63, 3.8) is 0 Å². The molecule has 0 aliphatic carbocycles. The van der Waals surface area contributed by atoms with E-state index in [1.165, 1.54) is 16.8 Å².